The first kappa shape index (κ1) is 30.8. The quantitative estimate of drug-likeness (QED) is 0.202. The van der Waals surface area contributed by atoms with Crippen LogP contribution in [0.1, 0.15) is 36.1 Å². The smallest absolute Gasteiger partial charge is 0.251 e. The maximum Gasteiger partial charge on any atom is 0.251 e. The number of nitrogens with zero attached hydrogens (tertiary/aromatic N) is 1. The predicted molar refractivity (Wildman–Crippen MR) is 171 cm³/mol. The number of aryl methyl sites for hydroxylation is 2. The largest absolute Gasteiger partial charge is 0.508 e. The molecule has 1 aliphatic rings. The number of carbonyl (C=O) groups is 1. The summed E-state index contributed by atoms with van der Waals surface area (Å²) < 4.78 is 25.4. The SMILES string of the molecule is COc1cc(O)ccc1-c1ccc2c(c1COc1cc(F)ccc1C)N(C)C(=O)C(C)(C)N2.Cc1cccc(CS)c1. The average Bonchev–Trinajstić information content (AvgIpc) is 2.96. The third-order valence-electron chi connectivity index (χ3n) is 7.17. The molecule has 0 atom stereocenters. The van der Waals surface area contributed by atoms with E-state index in [0.29, 0.717) is 17.2 Å². The fourth-order valence-electron chi connectivity index (χ4n) is 5.02. The van der Waals surface area contributed by atoms with E-state index in [0.717, 1.165) is 33.7 Å². The monoisotopic (exact) mass is 588 g/mol. The van der Waals surface area contributed by atoms with Crippen molar-refractivity contribution in [3.05, 3.63) is 101 Å². The molecule has 220 valence electrons. The molecule has 1 heterocycles. The number of methoxy groups -OCH3 is 1. The first-order valence-electron chi connectivity index (χ1n) is 13.6. The van der Waals surface area contributed by atoms with Gasteiger partial charge in [-0.3, -0.25) is 4.79 Å². The van der Waals surface area contributed by atoms with Crippen molar-refractivity contribution in [2.75, 3.05) is 24.4 Å². The van der Waals surface area contributed by atoms with Gasteiger partial charge in [-0.05, 0) is 68.7 Å². The summed E-state index contributed by atoms with van der Waals surface area (Å²) in [6.07, 6.45) is 0. The number of ether oxygens (including phenoxy) is 2. The molecule has 4 aromatic carbocycles. The molecule has 6 nitrogen and oxygen atoms in total. The molecule has 0 saturated heterocycles. The molecule has 0 saturated carbocycles. The summed E-state index contributed by atoms with van der Waals surface area (Å²) in [7, 11) is 3.27. The highest BCUT2D eigenvalue weighted by atomic mass is 32.1. The van der Waals surface area contributed by atoms with E-state index in [9.17, 15) is 14.3 Å². The van der Waals surface area contributed by atoms with Crippen LogP contribution in [-0.4, -0.2) is 30.7 Å². The van der Waals surface area contributed by atoms with E-state index in [-0.39, 0.29) is 24.1 Å². The summed E-state index contributed by atoms with van der Waals surface area (Å²) in [5.74, 6) is 1.35. The molecule has 2 N–H and O–H groups in total. The molecule has 0 bridgehead atoms. The van der Waals surface area contributed by atoms with E-state index in [1.165, 1.54) is 36.4 Å². The van der Waals surface area contributed by atoms with Crippen molar-refractivity contribution in [1.82, 2.24) is 0 Å². The zero-order chi connectivity index (χ0) is 30.6. The lowest BCUT2D eigenvalue weighted by Gasteiger charge is -2.39. The number of halogens is 1. The molecule has 0 fully saturated rings. The van der Waals surface area contributed by atoms with Crippen LogP contribution in [-0.2, 0) is 17.2 Å². The van der Waals surface area contributed by atoms with Crippen molar-refractivity contribution in [2.24, 2.45) is 0 Å². The van der Waals surface area contributed by atoms with Crippen molar-refractivity contribution < 1.29 is 23.8 Å². The maximum atomic E-state index is 13.8. The zero-order valence-electron chi connectivity index (χ0n) is 24.8. The number of fused-ring (bicyclic) bond motifs is 1. The molecular formula is C34H37FN2O4S. The average molecular weight is 589 g/mol. The minimum atomic E-state index is -0.767. The summed E-state index contributed by atoms with van der Waals surface area (Å²) in [6, 6.07) is 21.5. The number of nitrogens with one attached hydrogen (secondary N) is 1. The van der Waals surface area contributed by atoms with E-state index < -0.39 is 5.54 Å². The van der Waals surface area contributed by atoms with Gasteiger partial charge in [0, 0.05) is 36.1 Å². The van der Waals surface area contributed by atoms with E-state index in [1.54, 1.807) is 30.1 Å². The number of hydrogen-bond donors (Lipinski definition) is 3. The van der Waals surface area contributed by atoms with Gasteiger partial charge < -0.3 is 24.8 Å². The molecule has 0 aromatic heterocycles. The van der Waals surface area contributed by atoms with Crippen molar-refractivity contribution in [1.29, 1.82) is 0 Å². The van der Waals surface area contributed by atoms with Gasteiger partial charge in [-0.15, -0.1) is 0 Å². The van der Waals surface area contributed by atoms with Crippen molar-refractivity contribution >= 4 is 29.9 Å². The highest BCUT2D eigenvalue weighted by molar-refractivity contribution is 7.79. The molecule has 4 aromatic rings. The number of amides is 1. The molecule has 0 aliphatic carbocycles. The first-order chi connectivity index (χ1) is 19.9. The summed E-state index contributed by atoms with van der Waals surface area (Å²) in [5, 5.41) is 13.2. The number of hydrogen-bond acceptors (Lipinski definition) is 6. The summed E-state index contributed by atoms with van der Waals surface area (Å²) in [5.41, 5.74) is 6.35. The number of anilines is 2. The van der Waals surface area contributed by atoms with Crippen molar-refractivity contribution in [3.63, 3.8) is 0 Å². The molecule has 0 radical (unpaired) electrons. The number of phenols is 1. The van der Waals surface area contributed by atoms with E-state index in [4.69, 9.17) is 9.47 Å². The maximum absolute atomic E-state index is 13.8. The number of rotatable bonds is 6. The van der Waals surface area contributed by atoms with Gasteiger partial charge in [0.05, 0.1) is 18.5 Å². The molecular weight excluding hydrogens is 551 g/mol. The lowest BCUT2D eigenvalue weighted by atomic mass is 9.91. The highest BCUT2D eigenvalue weighted by Gasteiger charge is 2.38. The van der Waals surface area contributed by atoms with Gasteiger partial charge in [0.15, 0.2) is 0 Å². The molecule has 8 heteroatoms. The predicted octanol–water partition coefficient (Wildman–Crippen LogP) is 7.69. The van der Waals surface area contributed by atoms with Gasteiger partial charge in [0.1, 0.15) is 35.2 Å². The fourth-order valence-corrected chi connectivity index (χ4v) is 5.22. The van der Waals surface area contributed by atoms with Crippen LogP contribution in [0.5, 0.6) is 17.2 Å². The summed E-state index contributed by atoms with van der Waals surface area (Å²) >= 11 is 4.16. The number of phenolic OH excluding ortho intramolecular Hbond substituents is 1. The van der Waals surface area contributed by atoms with Gasteiger partial charge in [0.25, 0.3) is 5.91 Å². The van der Waals surface area contributed by atoms with Crippen molar-refractivity contribution in [2.45, 2.75) is 45.6 Å². The third-order valence-corrected chi connectivity index (χ3v) is 7.53. The molecule has 0 spiro atoms. The molecule has 1 aliphatic heterocycles. The van der Waals surface area contributed by atoms with Gasteiger partial charge in [-0.1, -0.05) is 42.0 Å². The van der Waals surface area contributed by atoms with Crippen LogP contribution >= 0.6 is 12.6 Å². The lowest BCUT2D eigenvalue weighted by molar-refractivity contribution is -0.121. The Morgan fingerprint density at radius 2 is 1.71 bits per heavy atom. The van der Waals surface area contributed by atoms with Gasteiger partial charge in [-0.25, -0.2) is 4.39 Å². The van der Waals surface area contributed by atoms with Gasteiger partial charge in [0.2, 0.25) is 0 Å². The van der Waals surface area contributed by atoms with Crippen LogP contribution in [0.3, 0.4) is 0 Å². The van der Waals surface area contributed by atoms with Crippen molar-refractivity contribution in [3.8, 4) is 28.4 Å². The number of benzene rings is 4. The molecule has 1 amide bonds. The number of thiol groups is 1. The number of aromatic hydroxyl groups is 1. The lowest BCUT2D eigenvalue weighted by Crippen LogP contribution is -2.52. The Balaban J connectivity index is 0.000000385. The Hall–Kier alpha value is -4.17. The van der Waals surface area contributed by atoms with Crippen LogP contribution in [0.25, 0.3) is 11.1 Å². The normalized spacial score (nSPS) is 13.4. The minimum Gasteiger partial charge on any atom is -0.508 e. The van der Waals surface area contributed by atoms with Gasteiger partial charge in [-0.2, -0.15) is 12.6 Å². The molecule has 42 heavy (non-hydrogen) atoms. The topological polar surface area (TPSA) is 71.0 Å². The minimum absolute atomic E-state index is 0.0810. The van der Waals surface area contributed by atoms with Crippen LogP contribution in [0.4, 0.5) is 15.8 Å². The van der Waals surface area contributed by atoms with E-state index in [1.807, 2.05) is 32.9 Å². The fraction of sp³-hybridized carbons (Fsp3) is 0.265. The number of likely N-dealkylation sites (N-methyl/N-ethyl adjacent to an activating group) is 1. The standard InChI is InChI=1S/C26H27FN2O4.C8H10S/c1-15-6-7-16(27)12-22(15)33-14-20-18(19-9-8-17(30)13-23(19)32-5)10-11-21-24(20)29(4)25(31)26(2,3)28-21;1-7-3-2-4-8(5-7)6-9/h6-13,28,30H,14H2,1-5H3;2-5,9H,6H2,1H3. The zero-order valence-corrected chi connectivity index (χ0v) is 25.7. The first-order valence-corrected chi connectivity index (χ1v) is 14.2. The van der Waals surface area contributed by atoms with Crippen LogP contribution in [0.2, 0.25) is 0 Å². The molecule has 0 unspecified atom stereocenters. The van der Waals surface area contributed by atoms with E-state index in [2.05, 4.69) is 49.1 Å². The second kappa shape index (κ2) is 12.8. The van der Waals surface area contributed by atoms with E-state index >= 15 is 0 Å². The Labute approximate surface area is 252 Å². The molecule has 5 rings (SSSR count). The van der Waals surface area contributed by atoms with Gasteiger partial charge >= 0.3 is 0 Å². The number of carbonyl (C=O) groups excluding carboxylic acids is 1. The van der Waals surface area contributed by atoms with Crippen LogP contribution in [0, 0.1) is 19.7 Å². The summed E-state index contributed by atoms with van der Waals surface area (Å²) in [4.78, 5) is 14.7. The Bertz CT molecular complexity index is 1600. The Morgan fingerprint density at radius 3 is 2.38 bits per heavy atom. The van der Waals surface area contributed by atoms with Crippen LogP contribution in [0.15, 0.2) is 72.8 Å². The Kier molecular flexibility index (Phi) is 9.36. The third kappa shape index (κ3) is 6.65. The Morgan fingerprint density at radius 1 is 0.976 bits per heavy atom. The van der Waals surface area contributed by atoms with Crippen LogP contribution < -0.4 is 19.7 Å². The second-order valence-corrected chi connectivity index (χ2v) is 11.1. The highest BCUT2D eigenvalue weighted by Crippen LogP contribution is 2.45. The summed E-state index contributed by atoms with van der Waals surface area (Å²) in [6.45, 7) is 7.69. The second-order valence-electron chi connectivity index (χ2n) is 10.8.